The van der Waals surface area contributed by atoms with E-state index in [0.29, 0.717) is 17.6 Å². The molecule has 0 spiro atoms. The normalized spacial score (nSPS) is 28.6. The number of likely N-dealkylation sites (tertiary alicyclic amines) is 1. The summed E-state index contributed by atoms with van der Waals surface area (Å²) in [5.74, 6) is 1.47. The van der Waals surface area contributed by atoms with Crippen LogP contribution in [0, 0.1) is 5.92 Å². The predicted molar refractivity (Wildman–Crippen MR) is 95.7 cm³/mol. The summed E-state index contributed by atoms with van der Waals surface area (Å²) in [5, 5.41) is 0. The Kier molecular flexibility index (Phi) is 5.88. The van der Waals surface area contributed by atoms with Gasteiger partial charge in [-0.2, -0.15) is 0 Å². The van der Waals surface area contributed by atoms with E-state index in [9.17, 15) is 4.79 Å². The molecule has 1 aromatic rings. The molecule has 126 valence electrons. The molecule has 1 saturated carbocycles. The van der Waals surface area contributed by atoms with Gasteiger partial charge in [0.15, 0.2) is 5.78 Å². The quantitative estimate of drug-likeness (QED) is 0.674. The molecule has 3 rings (SSSR count). The highest BCUT2D eigenvalue weighted by Crippen LogP contribution is 2.43. The van der Waals surface area contributed by atoms with Gasteiger partial charge in [-0.05, 0) is 49.8 Å². The average molecular weight is 313 g/mol. The lowest BCUT2D eigenvalue weighted by Gasteiger charge is -2.30. The van der Waals surface area contributed by atoms with Crippen molar-refractivity contribution in [1.82, 2.24) is 4.90 Å². The van der Waals surface area contributed by atoms with E-state index >= 15 is 0 Å². The Morgan fingerprint density at radius 2 is 1.78 bits per heavy atom. The Hall–Kier alpha value is -1.15. The van der Waals surface area contributed by atoms with Gasteiger partial charge in [-0.15, -0.1) is 0 Å². The van der Waals surface area contributed by atoms with Crippen molar-refractivity contribution in [2.45, 2.75) is 70.3 Å². The number of carbonyl (C=O) groups excluding carboxylic acids is 1. The van der Waals surface area contributed by atoms with Gasteiger partial charge in [0.1, 0.15) is 0 Å². The molecule has 1 aromatic carbocycles. The van der Waals surface area contributed by atoms with Crippen LogP contribution in [0.25, 0.3) is 0 Å². The minimum absolute atomic E-state index is 0.198. The lowest BCUT2D eigenvalue weighted by atomic mass is 9.83. The van der Waals surface area contributed by atoms with E-state index in [1.165, 1.54) is 50.5 Å². The number of nitrogens with zero attached hydrogens (tertiary/aromatic N) is 1. The van der Waals surface area contributed by atoms with Gasteiger partial charge in [-0.1, -0.05) is 62.9 Å². The Labute approximate surface area is 141 Å². The zero-order valence-corrected chi connectivity index (χ0v) is 14.5. The molecule has 2 heteroatoms. The van der Waals surface area contributed by atoms with Gasteiger partial charge in [-0.25, -0.2) is 0 Å². The lowest BCUT2D eigenvalue weighted by Crippen LogP contribution is -2.41. The fourth-order valence-electron chi connectivity index (χ4n) is 4.67. The molecule has 0 amide bonds. The fraction of sp³-hybridized carbons (Fsp3) is 0.667. The fourth-order valence-corrected chi connectivity index (χ4v) is 4.67. The van der Waals surface area contributed by atoms with E-state index in [-0.39, 0.29) is 6.04 Å². The van der Waals surface area contributed by atoms with Gasteiger partial charge in [0.05, 0.1) is 6.04 Å². The number of hydrogen-bond donors (Lipinski definition) is 0. The summed E-state index contributed by atoms with van der Waals surface area (Å²) in [7, 11) is 0. The van der Waals surface area contributed by atoms with Crippen LogP contribution in [0.1, 0.15) is 69.8 Å². The molecule has 0 bridgehead atoms. The topological polar surface area (TPSA) is 20.3 Å². The number of rotatable bonds is 7. The second-order valence-electron chi connectivity index (χ2n) is 7.39. The number of ketones is 1. The molecule has 0 aromatic heterocycles. The third-order valence-corrected chi connectivity index (χ3v) is 5.83. The Bertz CT molecular complexity index is 492. The number of unbranched alkanes of at least 4 members (excludes halogenated alkanes) is 3. The third-order valence-electron chi connectivity index (χ3n) is 5.83. The van der Waals surface area contributed by atoms with Crippen molar-refractivity contribution in [3.8, 4) is 0 Å². The first-order valence-electron chi connectivity index (χ1n) is 9.63. The van der Waals surface area contributed by atoms with Crippen LogP contribution in [0.3, 0.4) is 0 Å². The van der Waals surface area contributed by atoms with Gasteiger partial charge in [0, 0.05) is 6.42 Å². The van der Waals surface area contributed by atoms with Gasteiger partial charge < -0.3 is 0 Å². The second-order valence-corrected chi connectivity index (χ2v) is 7.39. The van der Waals surface area contributed by atoms with Gasteiger partial charge in [0.2, 0.25) is 0 Å². The van der Waals surface area contributed by atoms with E-state index < -0.39 is 0 Å². The predicted octanol–water partition coefficient (Wildman–Crippen LogP) is 4.79. The Balaban J connectivity index is 1.76. The van der Waals surface area contributed by atoms with E-state index in [1.54, 1.807) is 0 Å². The molecule has 0 radical (unpaired) electrons. The largest absolute Gasteiger partial charge is 0.298 e. The lowest BCUT2D eigenvalue weighted by molar-refractivity contribution is -0.122. The summed E-state index contributed by atoms with van der Waals surface area (Å²) in [5.41, 5.74) is 1.38. The van der Waals surface area contributed by atoms with Crippen LogP contribution in [-0.2, 0) is 4.79 Å². The first-order valence-corrected chi connectivity index (χ1v) is 9.63. The van der Waals surface area contributed by atoms with Crippen LogP contribution in [0.4, 0.5) is 0 Å². The highest BCUT2D eigenvalue weighted by Gasteiger charge is 2.45. The van der Waals surface area contributed by atoms with E-state index in [2.05, 4.69) is 42.2 Å². The minimum Gasteiger partial charge on any atom is -0.298 e. The van der Waals surface area contributed by atoms with Crippen LogP contribution < -0.4 is 0 Å². The number of Topliss-reactive ketones (excluding diaryl/α,β-unsaturated/α-hetero) is 1. The van der Waals surface area contributed by atoms with Gasteiger partial charge >= 0.3 is 0 Å². The van der Waals surface area contributed by atoms with Crippen molar-refractivity contribution < 1.29 is 4.79 Å². The maximum atomic E-state index is 12.8. The number of benzene rings is 1. The van der Waals surface area contributed by atoms with Crippen molar-refractivity contribution >= 4 is 5.78 Å². The molecule has 23 heavy (non-hydrogen) atoms. The van der Waals surface area contributed by atoms with E-state index in [4.69, 9.17) is 0 Å². The molecule has 3 atom stereocenters. The SMILES string of the molecule is CCCCCC[C@H]1[C@@H](c2ccccc2)CC(=O)[C@H]1N1CCCC1. The summed E-state index contributed by atoms with van der Waals surface area (Å²) in [4.78, 5) is 15.3. The zero-order valence-electron chi connectivity index (χ0n) is 14.5. The summed E-state index contributed by atoms with van der Waals surface area (Å²) in [6, 6.07) is 11.0. The maximum absolute atomic E-state index is 12.8. The molecular weight excluding hydrogens is 282 g/mol. The van der Waals surface area contributed by atoms with Crippen molar-refractivity contribution in [3.63, 3.8) is 0 Å². The molecule has 2 nitrogen and oxygen atoms in total. The average Bonchev–Trinajstić information content (AvgIpc) is 3.20. The molecule has 2 fully saturated rings. The Morgan fingerprint density at radius 1 is 1.04 bits per heavy atom. The molecule has 0 unspecified atom stereocenters. The standard InChI is InChI=1S/C21H31NO/c1-2-3-4-8-13-18-19(17-11-6-5-7-12-17)16-20(23)21(18)22-14-9-10-15-22/h5-7,11-12,18-19,21H,2-4,8-10,13-16H2,1H3/t18-,19+,21-/m0/s1. The zero-order chi connectivity index (χ0) is 16.1. The maximum Gasteiger partial charge on any atom is 0.150 e. The highest BCUT2D eigenvalue weighted by atomic mass is 16.1. The van der Waals surface area contributed by atoms with Crippen molar-refractivity contribution in [1.29, 1.82) is 0 Å². The molecular formula is C21H31NO. The third kappa shape index (κ3) is 3.85. The number of carbonyl (C=O) groups is 1. The van der Waals surface area contributed by atoms with Crippen LogP contribution in [0.5, 0.6) is 0 Å². The summed E-state index contributed by atoms with van der Waals surface area (Å²) < 4.78 is 0. The monoisotopic (exact) mass is 313 g/mol. The second kappa shape index (κ2) is 8.10. The van der Waals surface area contributed by atoms with Crippen LogP contribution in [0.15, 0.2) is 30.3 Å². The van der Waals surface area contributed by atoms with Crippen LogP contribution in [0.2, 0.25) is 0 Å². The highest BCUT2D eigenvalue weighted by molar-refractivity contribution is 5.88. The van der Waals surface area contributed by atoms with E-state index in [1.807, 2.05) is 0 Å². The smallest absolute Gasteiger partial charge is 0.150 e. The van der Waals surface area contributed by atoms with Gasteiger partial charge in [-0.3, -0.25) is 9.69 Å². The van der Waals surface area contributed by atoms with Gasteiger partial charge in [0.25, 0.3) is 0 Å². The first kappa shape index (κ1) is 16.7. The summed E-state index contributed by atoms with van der Waals surface area (Å²) in [6.07, 6.45) is 9.70. The molecule has 0 N–H and O–H groups in total. The first-order chi connectivity index (χ1) is 11.3. The molecule has 2 aliphatic rings. The summed E-state index contributed by atoms with van der Waals surface area (Å²) in [6.45, 7) is 4.52. The summed E-state index contributed by atoms with van der Waals surface area (Å²) >= 11 is 0. The molecule has 1 saturated heterocycles. The van der Waals surface area contributed by atoms with Crippen LogP contribution >= 0.6 is 0 Å². The Morgan fingerprint density at radius 3 is 2.48 bits per heavy atom. The van der Waals surface area contributed by atoms with Crippen molar-refractivity contribution in [2.24, 2.45) is 5.92 Å². The van der Waals surface area contributed by atoms with E-state index in [0.717, 1.165) is 19.5 Å². The molecule has 1 heterocycles. The van der Waals surface area contributed by atoms with Crippen LogP contribution in [-0.4, -0.2) is 29.8 Å². The minimum atomic E-state index is 0.198. The molecule has 1 aliphatic carbocycles. The number of hydrogen-bond acceptors (Lipinski definition) is 2. The molecule has 1 aliphatic heterocycles. The van der Waals surface area contributed by atoms with Crippen molar-refractivity contribution in [3.05, 3.63) is 35.9 Å². The van der Waals surface area contributed by atoms with Crippen molar-refractivity contribution in [2.75, 3.05) is 13.1 Å².